The number of hydrogen-bond acceptors (Lipinski definition) is 5. The molecule has 1 amide bonds. The van der Waals surface area contributed by atoms with Crippen molar-refractivity contribution in [2.45, 2.75) is 44.2 Å². The molecule has 1 aromatic carbocycles. The quantitative estimate of drug-likeness (QED) is 0.696. The molecule has 2 aliphatic rings. The first-order valence-corrected chi connectivity index (χ1v) is 9.38. The maximum atomic E-state index is 12.8. The maximum absolute atomic E-state index is 12.8. The highest BCUT2D eigenvalue weighted by Crippen LogP contribution is 2.39. The number of hydrogen-bond donors (Lipinski definition) is 3. The van der Waals surface area contributed by atoms with Crippen molar-refractivity contribution in [1.82, 2.24) is 15.3 Å². The van der Waals surface area contributed by atoms with E-state index >= 15 is 0 Å². The molecule has 4 rings (SSSR count). The van der Waals surface area contributed by atoms with Crippen LogP contribution >= 0.6 is 24.8 Å². The number of nitrogens with zero attached hydrogens (tertiary/aromatic N) is 2. The van der Waals surface area contributed by atoms with Crippen LogP contribution in [0, 0.1) is 11.8 Å². The van der Waals surface area contributed by atoms with E-state index in [4.69, 9.17) is 5.73 Å². The van der Waals surface area contributed by atoms with E-state index in [2.05, 4.69) is 20.6 Å². The van der Waals surface area contributed by atoms with Gasteiger partial charge in [-0.15, -0.1) is 24.8 Å². The molecule has 6 nitrogen and oxygen atoms in total. The fourth-order valence-corrected chi connectivity index (χ4v) is 4.51. The first kappa shape index (κ1) is 22.4. The largest absolute Gasteiger partial charge is 0.349 e. The van der Waals surface area contributed by atoms with Crippen molar-refractivity contribution in [3.63, 3.8) is 0 Å². The molecule has 2 atom stereocenters. The molecule has 1 aromatic heterocycles. The van der Waals surface area contributed by atoms with Crippen LogP contribution in [0.1, 0.15) is 42.5 Å². The molecule has 1 heterocycles. The Hall–Kier alpha value is -1.89. The summed E-state index contributed by atoms with van der Waals surface area (Å²) < 4.78 is 0. The highest BCUT2D eigenvalue weighted by molar-refractivity contribution is 5.95. The van der Waals surface area contributed by atoms with Gasteiger partial charge in [0, 0.05) is 35.7 Å². The summed E-state index contributed by atoms with van der Waals surface area (Å²) >= 11 is 0. The number of amides is 1. The molecule has 0 aliphatic heterocycles. The van der Waals surface area contributed by atoms with E-state index in [-0.39, 0.29) is 42.8 Å². The van der Waals surface area contributed by atoms with Crippen molar-refractivity contribution >= 4 is 42.2 Å². The van der Waals surface area contributed by atoms with Crippen LogP contribution in [-0.4, -0.2) is 28.0 Å². The van der Waals surface area contributed by atoms with E-state index in [1.807, 2.05) is 24.3 Å². The summed E-state index contributed by atoms with van der Waals surface area (Å²) in [5.41, 5.74) is 7.67. The van der Waals surface area contributed by atoms with Crippen molar-refractivity contribution < 1.29 is 4.79 Å². The Labute approximate surface area is 177 Å². The fraction of sp³-hybridized carbons (Fsp3) is 0.450. The van der Waals surface area contributed by atoms with Gasteiger partial charge in [-0.05, 0) is 55.7 Å². The van der Waals surface area contributed by atoms with Crippen LogP contribution in [0.25, 0.3) is 0 Å². The number of aromatic nitrogens is 2. The molecule has 0 spiro atoms. The molecule has 2 saturated carbocycles. The van der Waals surface area contributed by atoms with Gasteiger partial charge in [0.2, 0.25) is 0 Å². The Morgan fingerprint density at radius 1 is 1.11 bits per heavy atom. The highest BCUT2D eigenvalue weighted by Gasteiger charge is 2.39. The Bertz CT molecular complexity index is 762. The van der Waals surface area contributed by atoms with Crippen LogP contribution in [0.5, 0.6) is 0 Å². The van der Waals surface area contributed by atoms with Crippen LogP contribution in [0.2, 0.25) is 0 Å². The lowest BCUT2D eigenvalue weighted by atomic mass is 9.67. The van der Waals surface area contributed by atoms with Crippen LogP contribution < -0.4 is 16.4 Å². The minimum absolute atomic E-state index is 0. The number of carbonyl (C=O) groups is 1. The van der Waals surface area contributed by atoms with Crippen molar-refractivity contribution in [2.24, 2.45) is 17.6 Å². The second-order valence-electron chi connectivity index (χ2n) is 7.48. The van der Waals surface area contributed by atoms with Gasteiger partial charge in [-0.25, -0.2) is 4.98 Å². The Morgan fingerprint density at radius 2 is 1.86 bits per heavy atom. The zero-order valence-electron chi connectivity index (χ0n) is 15.6. The standard InChI is InChI=1S/C20H25N5O.2ClH/c21-16-9-13-3-1-4-14(10-16)19(13)25-20(26)15-5-2-6-17(11-15)24-18-12-22-7-8-23-18;;/h2,5-8,11-14,16,19H,1,3-4,9-10,21H2,(H,23,24)(H,25,26);2*1H. The van der Waals surface area contributed by atoms with Crippen LogP contribution in [-0.2, 0) is 0 Å². The van der Waals surface area contributed by atoms with Crippen LogP contribution in [0.3, 0.4) is 0 Å². The molecule has 8 heteroatoms. The number of anilines is 2. The van der Waals surface area contributed by atoms with Gasteiger partial charge in [0.1, 0.15) is 5.82 Å². The lowest BCUT2D eigenvalue weighted by Crippen LogP contribution is -2.53. The van der Waals surface area contributed by atoms with Crippen molar-refractivity contribution in [3.8, 4) is 0 Å². The zero-order chi connectivity index (χ0) is 17.9. The van der Waals surface area contributed by atoms with Gasteiger partial charge < -0.3 is 16.4 Å². The molecule has 0 radical (unpaired) electrons. The molecule has 28 heavy (non-hydrogen) atoms. The minimum Gasteiger partial charge on any atom is -0.349 e. The second kappa shape index (κ2) is 10.0. The normalized spacial score (nSPS) is 25.6. The SMILES string of the molecule is Cl.Cl.NC1CC2CCCC(C1)C2NC(=O)c1cccc(Nc2cnccn2)c1. The molecule has 2 fully saturated rings. The van der Waals surface area contributed by atoms with Crippen LogP contribution in [0.4, 0.5) is 11.5 Å². The van der Waals surface area contributed by atoms with E-state index < -0.39 is 0 Å². The van der Waals surface area contributed by atoms with Gasteiger partial charge in [0.25, 0.3) is 5.91 Å². The summed E-state index contributed by atoms with van der Waals surface area (Å²) in [7, 11) is 0. The third-order valence-corrected chi connectivity index (χ3v) is 5.63. The fourth-order valence-electron chi connectivity index (χ4n) is 4.51. The van der Waals surface area contributed by atoms with Gasteiger partial charge >= 0.3 is 0 Å². The maximum Gasteiger partial charge on any atom is 0.251 e. The van der Waals surface area contributed by atoms with Crippen LogP contribution in [0.15, 0.2) is 42.9 Å². The minimum atomic E-state index is -0.00910. The Kier molecular flexibility index (Phi) is 8.04. The number of nitrogens with two attached hydrogens (primary N) is 1. The molecular weight excluding hydrogens is 397 g/mol. The number of halogens is 2. The summed E-state index contributed by atoms with van der Waals surface area (Å²) in [6.07, 6.45) is 10.6. The number of benzene rings is 1. The van der Waals surface area contributed by atoms with Gasteiger partial charge in [-0.3, -0.25) is 9.78 Å². The van der Waals surface area contributed by atoms with E-state index in [0.29, 0.717) is 23.2 Å². The van der Waals surface area contributed by atoms with Gasteiger partial charge in [-0.1, -0.05) is 12.5 Å². The van der Waals surface area contributed by atoms with Crippen molar-refractivity contribution in [1.29, 1.82) is 0 Å². The molecule has 2 unspecified atom stereocenters. The van der Waals surface area contributed by atoms with Gasteiger partial charge in [0.15, 0.2) is 0 Å². The Morgan fingerprint density at radius 3 is 2.54 bits per heavy atom. The second-order valence-corrected chi connectivity index (χ2v) is 7.48. The van der Waals surface area contributed by atoms with Crippen molar-refractivity contribution in [3.05, 3.63) is 48.4 Å². The molecule has 2 aliphatic carbocycles. The molecule has 4 N–H and O–H groups in total. The Balaban J connectivity index is 0.00000140. The summed E-state index contributed by atoms with van der Waals surface area (Å²) in [6, 6.07) is 8.05. The number of nitrogens with one attached hydrogen (secondary N) is 2. The molecule has 152 valence electrons. The summed E-state index contributed by atoms with van der Waals surface area (Å²) in [4.78, 5) is 21.1. The third-order valence-electron chi connectivity index (χ3n) is 5.63. The smallest absolute Gasteiger partial charge is 0.251 e. The average Bonchev–Trinajstić information content (AvgIpc) is 2.63. The van der Waals surface area contributed by atoms with Gasteiger partial charge in [-0.2, -0.15) is 0 Å². The van der Waals surface area contributed by atoms with E-state index in [9.17, 15) is 4.79 Å². The molecular formula is C20H27Cl2N5O. The summed E-state index contributed by atoms with van der Waals surface area (Å²) in [5, 5.41) is 6.48. The molecule has 2 bridgehead atoms. The first-order chi connectivity index (χ1) is 12.7. The lowest BCUT2D eigenvalue weighted by molar-refractivity contribution is 0.0756. The average molecular weight is 424 g/mol. The highest BCUT2D eigenvalue weighted by atomic mass is 35.5. The number of carbonyl (C=O) groups excluding carboxylic acids is 1. The summed E-state index contributed by atoms with van der Waals surface area (Å²) in [5.74, 6) is 1.68. The number of rotatable bonds is 4. The predicted molar refractivity (Wildman–Crippen MR) is 116 cm³/mol. The van der Waals surface area contributed by atoms with Gasteiger partial charge in [0.05, 0.1) is 6.20 Å². The first-order valence-electron chi connectivity index (χ1n) is 9.38. The number of fused-ring (bicyclic) bond motifs is 2. The van der Waals surface area contributed by atoms with E-state index in [1.54, 1.807) is 18.6 Å². The summed E-state index contributed by atoms with van der Waals surface area (Å²) in [6.45, 7) is 0. The zero-order valence-corrected chi connectivity index (χ0v) is 17.2. The van der Waals surface area contributed by atoms with E-state index in [1.165, 1.54) is 19.3 Å². The monoisotopic (exact) mass is 423 g/mol. The topological polar surface area (TPSA) is 92.9 Å². The molecule has 2 aromatic rings. The van der Waals surface area contributed by atoms with Crippen molar-refractivity contribution in [2.75, 3.05) is 5.32 Å². The predicted octanol–water partition coefficient (Wildman–Crippen LogP) is 3.70. The molecule has 0 saturated heterocycles. The van der Waals surface area contributed by atoms with E-state index in [0.717, 1.165) is 18.5 Å². The lowest BCUT2D eigenvalue weighted by Gasteiger charge is -2.45. The third kappa shape index (κ3) is 5.13.